The van der Waals surface area contributed by atoms with Gasteiger partial charge in [-0.3, -0.25) is 0 Å². The van der Waals surface area contributed by atoms with Crippen molar-refractivity contribution in [2.45, 2.75) is 46.6 Å². The number of hydrogen-bond acceptors (Lipinski definition) is 1. The summed E-state index contributed by atoms with van der Waals surface area (Å²) >= 11 is 6.37. The largest absolute Gasteiger partial charge is 0.354 e. The predicted molar refractivity (Wildman–Crippen MR) is 104 cm³/mol. The Kier molecular flexibility index (Phi) is 3.23. The summed E-state index contributed by atoms with van der Waals surface area (Å²) in [5.74, 6) is 0.417. The van der Waals surface area contributed by atoms with Crippen LogP contribution in [-0.4, -0.2) is 17.6 Å². The smallest absolute Gasteiger partial charge is 0.123 e. The minimum atomic E-state index is 0.0971. The Morgan fingerprint density at radius 2 is 1.88 bits per heavy atom. The predicted octanol–water partition coefficient (Wildman–Crippen LogP) is 5.69. The van der Waals surface area contributed by atoms with Gasteiger partial charge in [0, 0.05) is 45.3 Å². The number of aromatic amines is 1. The van der Waals surface area contributed by atoms with Crippen molar-refractivity contribution in [2.24, 2.45) is 5.41 Å². The number of H-pyrrole nitrogens is 1. The highest BCUT2D eigenvalue weighted by Crippen LogP contribution is 2.40. The molecule has 1 aliphatic heterocycles. The van der Waals surface area contributed by atoms with Crippen molar-refractivity contribution in [3.05, 3.63) is 46.0 Å². The first-order valence-electron chi connectivity index (χ1n) is 9.09. The molecule has 3 aromatic rings. The van der Waals surface area contributed by atoms with Gasteiger partial charge in [-0.05, 0) is 54.2 Å². The molecule has 2 N–H and O–H groups in total. The van der Waals surface area contributed by atoms with Crippen LogP contribution in [0.15, 0.2) is 24.3 Å². The van der Waals surface area contributed by atoms with Crippen LogP contribution in [-0.2, 0) is 0 Å². The van der Waals surface area contributed by atoms with Crippen LogP contribution in [0.3, 0.4) is 0 Å². The summed E-state index contributed by atoms with van der Waals surface area (Å²) in [5.41, 5.74) is 6.08. The van der Waals surface area contributed by atoms with Crippen molar-refractivity contribution in [1.82, 2.24) is 10.3 Å². The molecule has 0 amide bonds. The number of hydrogen-bond donors (Lipinski definition) is 2. The number of rotatable bonds is 1. The first kappa shape index (κ1) is 14.8. The molecule has 2 unspecified atom stereocenters. The summed E-state index contributed by atoms with van der Waals surface area (Å²) < 4.78 is 8.17. The average Bonchev–Trinajstić information content (AvgIpc) is 2.85. The van der Waals surface area contributed by atoms with Crippen LogP contribution in [0, 0.1) is 19.3 Å². The van der Waals surface area contributed by atoms with Gasteiger partial charge in [0.05, 0.1) is 0 Å². The first-order chi connectivity index (χ1) is 11.7. The summed E-state index contributed by atoms with van der Waals surface area (Å²) in [7, 11) is 0. The van der Waals surface area contributed by atoms with E-state index in [4.69, 9.17) is 13.0 Å². The molecule has 2 nitrogen and oxygen atoms in total. The fraction of sp³-hybridized carbons (Fsp3) is 0.429. The van der Waals surface area contributed by atoms with Gasteiger partial charge in [0.25, 0.3) is 0 Å². The average molecular weight is 342 g/mol. The molecule has 2 aromatic carbocycles. The van der Waals surface area contributed by atoms with E-state index in [0.717, 1.165) is 28.2 Å². The maximum atomic E-state index is 8.17. The van der Waals surface area contributed by atoms with Crippen molar-refractivity contribution < 1.29 is 1.41 Å². The summed E-state index contributed by atoms with van der Waals surface area (Å²) in [6, 6.07) is 9.02. The molecule has 2 heterocycles. The van der Waals surface area contributed by atoms with E-state index in [-0.39, 0.29) is 11.5 Å². The number of aryl methyl sites for hydroxylation is 1. The highest BCUT2D eigenvalue weighted by Gasteiger charge is 2.39. The van der Waals surface area contributed by atoms with E-state index in [1.54, 1.807) is 5.31 Å². The van der Waals surface area contributed by atoms with E-state index in [9.17, 15) is 0 Å². The number of fused-ring (bicyclic) bond motifs is 3. The van der Waals surface area contributed by atoms with Gasteiger partial charge >= 0.3 is 0 Å². The molecule has 0 spiro atoms. The highest BCUT2D eigenvalue weighted by molar-refractivity contribution is 6.32. The first-order valence-corrected chi connectivity index (χ1v) is 9.03. The molecule has 0 radical (unpaired) electrons. The minimum absolute atomic E-state index is 0.0971. The second-order valence-electron chi connectivity index (χ2n) is 8.24. The molecule has 0 saturated carbocycles. The quantitative estimate of drug-likeness (QED) is 0.584. The monoisotopic (exact) mass is 341 g/mol. The Balaban J connectivity index is 1.88. The topological polar surface area (TPSA) is 27.8 Å². The zero-order valence-electron chi connectivity index (χ0n) is 16.0. The van der Waals surface area contributed by atoms with Crippen molar-refractivity contribution in [3.8, 4) is 0 Å². The van der Waals surface area contributed by atoms with Crippen LogP contribution in [0.4, 0.5) is 0 Å². The third kappa shape index (κ3) is 2.28. The lowest BCUT2D eigenvalue weighted by atomic mass is 9.71. The molecule has 3 heteroatoms. The maximum absolute atomic E-state index is 8.17. The highest BCUT2D eigenvalue weighted by atomic mass is 35.5. The Morgan fingerprint density at radius 1 is 1.12 bits per heavy atom. The number of aromatic nitrogens is 1. The summed E-state index contributed by atoms with van der Waals surface area (Å²) in [6.45, 7) is 11.7. The van der Waals surface area contributed by atoms with E-state index in [0.29, 0.717) is 5.92 Å². The number of benzene rings is 2. The molecule has 1 fully saturated rings. The fourth-order valence-electron chi connectivity index (χ4n) is 4.06. The van der Waals surface area contributed by atoms with E-state index in [1.807, 2.05) is 6.07 Å². The molecule has 1 saturated heterocycles. The third-order valence-electron chi connectivity index (χ3n) is 5.61. The lowest BCUT2D eigenvalue weighted by molar-refractivity contribution is 0.160. The van der Waals surface area contributed by atoms with Crippen molar-refractivity contribution >= 4 is 33.4 Å². The second-order valence-corrected chi connectivity index (χ2v) is 8.65. The molecular formula is C21H25ClN2. The van der Waals surface area contributed by atoms with Crippen molar-refractivity contribution in [1.29, 1.82) is 0 Å². The van der Waals surface area contributed by atoms with E-state index >= 15 is 0 Å². The number of nitrogens with one attached hydrogen (secondary N) is 2. The van der Waals surface area contributed by atoms with Gasteiger partial charge in [-0.2, -0.15) is 0 Å². The van der Waals surface area contributed by atoms with E-state index in [2.05, 4.69) is 57.8 Å². The van der Waals surface area contributed by atoms with Crippen molar-refractivity contribution in [2.75, 3.05) is 6.54 Å². The van der Waals surface area contributed by atoms with Crippen LogP contribution < -0.4 is 5.31 Å². The molecular weight excluding hydrogens is 316 g/mol. The van der Waals surface area contributed by atoms with Gasteiger partial charge in [0.2, 0.25) is 0 Å². The van der Waals surface area contributed by atoms with Gasteiger partial charge in [-0.15, -0.1) is 0 Å². The van der Waals surface area contributed by atoms with Crippen LogP contribution in [0.25, 0.3) is 21.8 Å². The Labute approximate surface area is 150 Å². The molecule has 24 heavy (non-hydrogen) atoms. The lowest BCUT2D eigenvalue weighted by Gasteiger charge is -2.46. The van der Waals surface area contributed by atoms with Crippen LogP contribution in [0.2, 0.25) is 6.43 Å². The minimum Gasteiger partial charge on any atom is -0.354 e. The molecule has 0 bridgehead atoms. The zero-order valence-corrected chi connectivity index (χ0v) is 15.8. The molecule has 126 valence electrons. The van der Waals surface area contributed by atoms with Gasteiger partial charge < -0.3 is 10.3 Å². The standard InChI is InChI=1S/C21H25ClN2/c1-11-12(2)19-14-8-13(15-10-23-20(15)21(3,4)5)6-7-17(14)24-18(19)9-16(11)22/h6-9,15,20,23-24H,10H2,1-5H3/i/hD. The fourth-order valence-corrected chi connectivity index (χ4v) is 4.31. The summed E-state index contributed by atoms with van der Waals surface area (Å²) in [5, 5.41) is 5.08. The van der Waals surface area contributed by atoms with E-state index < -0.39 is 0 Å². The zero-order chi connectivity index (χ0) is 18.1. The maximum Gasteiger partial charge on any atom is 0.123 e. The molecule has 4 rings (SSSR count). The molecule has 1 aliphatic rings. The normalized spacial score (nSPS) is 22.8. The third-order valence-corrected chi connectivity index (χ3v) is 6.01. The van der Waals surface area contributed by atoms with Crippen molar-refractivity contribution in [3.63, 3.8) is 0 Å². The molecule has 2 atom stereocenters. The Morgan fingerprint density at radius 3 is 2.54 bits per heavy atom. The lowest BCUT2D eigenvalue weighted by Crippen LogP contribution is -2.57. The van der Waals surface area contributed by atoms with Gasteiger partial charge in [-0.25, -0.2) is 0 Å². The second kappa shape index (κ2) is 5.24. The molecule has 0 aliphatic carbocycles. The van der Waals surface area contributed by atoms with E-state index in [1.165, 1.54) is 21.9 Å². The van der Waals surface area contributed by atoms with Gasteiger partial charge in [-0.1, -0.05) is 38.4 Å². The number of halogens is 1. The van der Waals surface area contributed by atoms with Crippen LogP contribution in [0.5, 0.6) is 0 Å². The molecule has 1 aromatic heterocycles. The van der Waals surface area contributed by atoms with Gasteiger partial charge in [0.1, 0.15) is 1.41 Å². The summed E-state index contributed by atoms with van der Waals surface area (Å²) in [6.07, 6.45) is 0. The SMILES string of the molecule is [2H]N1CC(c2ccc3[nH]c4cc(Cl)c(C)c(C)c4c3c2)C1C(C)(C)C. The summed E-state index contributed by atoms with van der Waals surface area (Å²) in [4.78, 5) is 3.51. The van der Waals surface area contributed by atoms with Crippen LogP contribution in [0.1, 0.15) is 43.4 Å². The Hall–Kier alpha value is -1.51. The van der Waals surface area contributed by atoms with Gasteiger partial charge in [0.15, 0.2) is 0 Å². The van der Waals surface area contributed by atoms with Crippen LogP contribution >= 0.6 is 11.6 Å². The Bertz CT molecular complexity index is 983.